The summed E-state index contributed by atoms with van der Waals surface area (Å²) in [4.78, 5) is 62.0. The highest BCUT2D eigenvalue weighted by Crippen LogP contribution is 2.13. The van der Waals surface area contributed by atoms with Gasteiger partial charge in [0.2, 0.25) is 17.7 Å². The van der Waals surface area contributed by atoms with E-state index >= 15 is 0 Å². The summed E-state index contributed by atoms with van der Waals surface area (Å²) in [5, 5.41) is 35.4. The Kier molecular flexibility index (Phi) is 12.9. The molecule has 13 heteroatoms. The predicted octanol–water partition coefficient (Wildman–Crippen LogP) is 0.272. The standard InChI is InChI=1S/C27H34N4O8S/c1-40-12-11-19(28)24(35)29-20(13-16-5-3-2-4-6-16)25(36)30-21(14-17-7-9-18(32)10-8-17)26(37)31-22(27(38)39)15-23(33)34/h2-10,19-22,32H,11-15,28H2,1H3,(H,29,35)(H,30,36)(H,31,37)(H,33,34)(H,38,39). The average Bonchev–Trinajstić information content (AvgIpc) is 2.91. The number of amides is 3. The van der Waals surface area contributed by atoms with E-state index in [2.05, 4.69) is 16.0 Å². The first-order valence-electron chi connectivity index (χ1n) is 12.4. The van der Waals surface area contributed by atoms with E-state index in [9.17, 15) is 34.2 Å². The van der Waals surface area contributed by atoms with Crippen LogP contribution in [0, 0.1) is 0 Å². The summed E-state index contributed by atoms with van der Waals surface area (Å²) in [6.45, 7) is 0. The smallest absolute Gasteiger partial charge is 0.326 e. The summed E-state index contributed by atoms with van der Waals surface area (Å²) in [5.74, 6) is -4.58. The second-order valence-electron chi connectivity index (χ2n) is 9.07. The Balaban J connectivity index is 2.31. The Morgan fingerprint density at radius 1 is 0.775 bits per heavy atom. The topological polar surface area (TPSA) is 208 Å². The Bertz CT molecular complexity index is 1160. The molecule has 12 nitrogen and oxygen atoms in total. The van der Waals surface area contributed by atoms with Crippen molar-refractivity contribution < 1.29 is 39.3 Å². The van der Waals surface area contributed by atoms with Crippen LogP contribution in [0.1, 0.15) is 24.0 Å². The molecule has 0 fully saturated rings. The lowest BCUT2D eigenvalue weighted by atomic mass is 10.0. The highest BCUT2D eigenvalue weighted by Gasteiger charge is 2.31. The SMILES string of the molecule is CSCCC(N)C(=O)NC(Cc1ccccc1)C(=O)NC(Cc1ccc(O)cc1)C(=O)NC(CC(=O)O)C(=O)O. The van der Waals surface area contributed by atoms with E-state index in [1.165, 1.54) is 36.0 Å². The maximum absolute atomic E-state index is 13.5. The van der Waals surface area contributed by atoms with E-state index < -0.39 is 60.2 Å². The third-order valence-electron chi connectivity index (χ3n) is 5.89. The molecule has 0 aliphatic rings. The van der Waals surface area contributed by atoms with Gasteiger partial charge in [0.05, 0.1) is 12.5 Å². The van der Waals surface area contributed by atoms with Gasteiger partial charge in [-0.25, -0.2) is 4.79 Å². The van der Waals surface area contributed by atoms with Gasteiger partial charge in [-0.15, -0.1) is 0 Å². The van der Waals surface area contributed by atoms with Gasteiger partial charge in [0.15, 0.2) is 0 Å². The van der Waals surface area contributed by atoms with E-state index in [0.29, 0.717) is 17.7 Å². The number of aromatic hydroxyl groups is 1. The predicted molar refractivity (Wildman–Crippen MR) is 149 cm³/mol. The quantitative estimate of drug-likeness (QED) is 0.146. The number of carboxylic acid groups (broad SMARTS) is 2. The summed E-state index contributed by atoms with van der Waals surface area (Å²) in [6.07, 6.45) is 1.36. The number of aliphatic carboxylic acids is 2. The van der Waals surface area contributed by atoms with Crippen LogP contribution in [0.4, 0.5) is 0 Å². The summed E-state index contributed by atoms with van der Waals surface area (Å²) >= 11 is 1.52. The van der Waals surface area contributed by atoms with E-state index in [4.69, 9.17) is 10.8 Å². The number of hydrogen-bond acceptors (Lipinski definition) is 8. The molecule has 216 valence electrons. The van der Waals surface area contributed by atoms with Gasteiger partial charge in [0.25, 0.3) is 0 Å². The zero-order valence-corrected chi connectivity index (χ0v) is 22.7. The molecular weight excluding hydrogens is 540 g/mol. The summed E-state index contributed by atoms with van der Waals surface area (Å²) < 4.78 is 0. The fourth-order valence-corrected chi connectivity index (χ4v) is 4.20. The van der Waals surface area contributed by atoms with Crippen molar-refractivity contribution >= 4 is 41.4 Å². The minimum absolute atomic E-state index is 0.0235. The number of nitrogens with two attached hydrogens (primary N) is 1. The average molecular weight is 575 g/mol. The first kappa shape index (κ1) is 32.1. The number of carboxylic acids is 2. The summed E-state index contributed by atoms with van der Waals surface area (Å²) in [7, 11) is 0. The Labute approximate surface area is 235 Å². The van der Waals surface area contributed by atoms with E-state index in [-0.39, 0.29) is 18.6 Å². The highest BCUT2D eigenvalue weighted by atomic mass is 32.2. The van der Waals surface area contributed by atoms with Crippen LogP contribution in [0.2, 0.25) is 0 Å². The minimum atomic E-state index is -1.74. The number of nitrogens with one attached hydrogen (secondary N) is 3. The Morgan fingerprint density at radius 3 is 1.77 bits per heavy atom. The molecule has 2 aromatic rings. The monoisotopic (exact) mass is 574 g/mol. The number of rotatable bonds is 16. The van der Waals surface area contributed by atoms with E-state index in [1.54, 1.807) is 30.3 Å². The van der Waals surface area contributed by atoms with Crippen molar-refractivity contribution in [2.45, 2.75) is 49.9 Å². The van der Waals surface area contributed by atoms with Crippen LogP contribution in [-0.2, 0) is 36.8 Å². The summed E-state index contributed by atoms with van der Waals surface area (Å²) in [5.41, 5.74) is 7.24. The van der Waals surface area contributed by atoms with Crippen molar-refractivity contribution in [2.75, 3.05) is 12.0 Å². The lowest BCUT2D eigenvalue weighted by molar-refractivity contribution is -0.147. The van der Waals surface area contributed by atoms with Gasteiger partial charge < -0.3 is 37.0 Å². The molecule has 0 bridgehead atoms. The molecule has 40 heavy (non-hydrogen) atoms. The third-order valence-corrected chi connectivity index (χ3v) is 6.53. The first-order valence-corrected chi connectivity index (χ1v) is 13.8. The molecule has 0 radical (unpaired) electrons. The van der Waals surface area contributed by atoms with Crippen molar-refractivity contribution in [3.63, 3.8) is 0 Å². The van der Waals surface area contributed by atoms with E-state index in [0.717, 1.165) is 5.56 Å². The first-order chi connectivity index (χ1) is 19.0. The summed E-state index contributed by atoms with van der Waals surface area (Å²) in [6, 6.07) is 9.60. The zero-order valence-electron chi connectivity index (χ0n) is 21.9. The van der Waals surface area contributed by atoms with Crippen LogP contribution in [0.15, 0.2) is 54.6 Å². The Hall–Kier alpha value is -4.10. The number of phenols is 1. The van der Waals surface area contributed by atoms with Gasteiger partial charge in [-0.3, -0.25) is 19.2 Å². The molecule has 4 unspecified atom stereocenters. The van der Waals surface area contributed by atoms with Crippen molar-refractivity contribution in [2.24, 2.45) is 5.73 Å². The number of carbonyl (C=O) groups is 5. The van der Waals surface area contributed by atoms with Crippen molar-refractivity contribution in [3.05, 3.63) is 65.7 Å². The largest absolute Gasteiger partial charge is 0.508 e. The number of phenolic OH excluding ortho intramolecular Hbond substituents is 1. The van der Waals surface area contributed by atoms with Crippen LogP contribution < -0.4 is 21.7 Å². The molecule has 0 spiro atoms. The molecular formula is C27H34N4O8S. The molecule has 0 aliphatic heterocycles. The highest BCUT2D eigenvalue weighted by molar-refractivity contribution is 7.98. The molecule has 4 atom stereocenters. The van der Waals surface area contributed by atoms with Crippen LogP contribution in [0.5, 0.6) is 5.75 Å². The Morgan fingerprint density at radius 2 is 1.27 bits per heavy atom. The van der Waals surface area contributed by atoms with Crippen molar-refractivity contribution in [1.29, 1.82) is 0 Å². The van der Waals surface area contributed by atoms with Crippen molar-refractivity contribution in [3.8, 4) is 5.75 Å². The van der Waals surface area contributed by atoms with Crippen molar-refractivity contribution in [1.82, 2.24) is 16.0 Å². The number of thioether (sulfide) groups is 1. The molecule has 0 saturated carbocycles. The van der Waals surface area contributed by atoms with E-state index in [1.807, 2.05) is 6.26 Å². The molecule has 2 rings (SSSR count). The third kappa shape index (κ3) is 10.9. The second kappa shape index (κ2) is 16.1. The fraction of sp³-hybridized carbons (Fsp3) is 0.370. The molecule has 2 aromatic carbocycles. The van der Waals surface area contributed by atoms with Crippen LogP contribution in [0.25, 0.3) is 0 Å². The number of hydrogen-bond donors (Lipinski definition) is 7. The minimum Gasteiger partial charge on any atom is -0.508 e. The molecule has 0 aliphatic carbocycles. The van der Waals surface area contributed by atoms with Gasteiger partial charge in [-0.1, -0.05) is 42.5 Å². The van der Waals surface area contributed by atoms with Gasteiger partial charge in [-0.05, 0) is 41.7 Å². The molecule has 0 heterocycles. The number of carbonyl (C=O) groups excluding carboxylic acids is 3. The van der Waals surface area contributed by atoms with Crippen LogP contribution in [-0.4, -0.2) is 81.2 Å². The maximum atomic E-state index is 13.5. The van der Waals surface area contributed by atoms with Gasteiger partial charge in [0, 0.05) is 12.8 Å². The molecule has 0 saturated heterocycles. The fourth-order valence-electron chi connectivity index (χ4n) is 3.71. The second-order valence-corrected chi connectivity index (χ2v) is 10.1. The van der Waals surface area contributed by atoms with Gasteiger partial charge >= 0.3 is 11.9 Å². The van der Waals surface area contributed by atoms with Crippen LogP contribution in [0.3, 0.4) is 0 Å². The molecule has 8 N–H and O–H groups in total. The normalized spacial score (nSPS) is 13.8. The molecule has 3 amide bonds. The maximum Gasteiger partial charge on any atom is 0.326 e. The van der Waals surface area contributed by atoms with Gasteiger partial charge in [0.1, 0.15) is 23.9 Å². The lowest BCUT2D eigenvalue weighted by Gasteiger charge is -2.25. The zero-order chi connectivity index (χ0) is 29.7. The molecule has 0 aromatic heterocycles. The van der Waals surface area contributed by atoms with Crippen LogP contribution >= 0.6 is 11.8 Å². The lowest BCUT2D eigenvalue weighted by Crippen LogP contribution is -2.58. The van der Waals surface area contributed by atoms with Gasteiger partial charge in [-0.2, -0.15) is 11.8 Å². The number of benzene rings is 2.